The summed E-state index contributed by atoms with van der Waals surface area (Å²) >= 11 is 0. The highest BCUT2D eigenvalue weighted by Crippen LogP contribution is 2.25. The van der Waals surface area contributed by atoms with Crippen LogP contribution in [0, 0.1) is 17.8 Å². The molecule has 0 radical (unpaired) electrons. The van der Waals surface area contributed by atoms with Crippen molar-refractivity contribution in [1.29, 1.82) is 0 Å². The Balaban J connectivity index is 2.70. The smallest absolute Gasteiger partial charge is 0.135 e. The third-order valence-electron chi connectivity index (χ3n) is 4.39. The molecule has 0 aliphatic carbocycles. The Bertz CT molecular complexity index is 462. The fraction of sp³-hybridized carbons (Fsp3) is 0.600. The molecule has 0 aliphatic heterocycles. The van der Waals surface area contributed by atoms with E-state index in [-0.39, 0.29) is 17.6 Å². The number of hydrogen-bond donors (Lipinski definition) is 0. The summed E-state index contributed by atoms with van der Waals surface area (Å²) in [6, 6.07) is 10.3. The van der Waals surface area contributed by atoms with Crippen molar-refractivity contribution in [3.05, 3.63) is 35.9 Å². The Morgan fingerprint density at radius 2 is 1.59 bits per heavy atom. The van der Waals surface area contributed by atoms with Gasteiger partial charge in [0, 0.05) is 18.8 Å². The van der Waals surface area contributed by atoms with E-state index in [0.29, 0.717) is 24.5 Å². The van der Waals surface area contributed by atoms with Crippen LogP contribution in [0.3, 0.4) is 0 Å². The molecule has 0 heterocycles. The summed E-state index contributed by atoms with van der Waals surface area (Å²) < 4.78 is 0. The van der Waals surface area contributed by atoms with Crippen LogP contribution < -0.4 is 0 Å². The molecule has 0 aromatic heterocycles. The monoisotopic (exact) mass is 302 g/mol. The second-order valence-electron chi connectivity index (χ2n) is 6.88. The number of carbonyl (C=O) groups excluding carboxylic acids is 2. The van der Waals surface area contributed by atoms with E-state index >= 15 is 0 Å². The maximum atomic E-state index is 12.4. The number of carbonyl (C=O) groups is 2. The van der Waals surface area contributed by atoms with Crippen LogP contribution in [0.25, 0.3) is 0 Å². The van der Waals surface area contributed by atoms with Gasteiger partial charge in [0.1, 0.15) is 11.6 Å². The Morgan fingerprint density at radius 3 is 2.14 bits per heavy atom. The van der Waals surface area contributed by atoms with Gasteiger partial charge in [-0.1, -0.05) is 51.1 Å². The zero-order valence-corrected chi connectivity index (χ0v) is 14.5. The van der Waals surface area contributed by atoms with E-state index in [4.69, 9.17) is 0 Å². The fourth-order valence-electron chi connectivity index (χ4n) is 2.76. The molecular formula is C20H30O2. The minimum absolute atomic E-state index is 0.0262. The number of Topliss-reactive ketones (excluding diaryl/α,β-unsaturated/α-hetero) is 2. The van der Waals surface area contributed by atoms with Crippen LogP contribution in [0.5, 0.6) is 0 Å². The van der Waals surface area contributed by atoms with Gasteiger partial charge in [0.25, 0.3) is 0 Å². The summed E-state index contributed by atoms with van der Waals surface area (Å²) in [5.74, 6) is 1.39. The Kier molecular flexibility index (Phi) is 8.08. The number of ketones is 2. The van der Waals surface area contributed by atoms with Gasteiger partial charge in [-0.3, -0.25) is 4.79 Å². The van der Waals surface area contributed by atoms with Gasteiger partial charge >= 0.3 is 0 Å². The molecule has 0 aliphatic rings. The third kappa shape index (κ3) is 7.02. The summed E-state index contributed by atoms with van der Waals surface area (Å²) in [5.41, 5.74) is 1.25. The van der Waals surface area contributed by atoms with Crippen molar-refractivity contribution in [1.82, 2.24) is 0 Å². The normalized spacial score (nSPS) is 13.9. The van der Waals surface area contributed by atoms with E-state index in [0.717, 1.165) is 19.3 Å². The highest BCUT2D eigenvalue weighted by molar-refractivity contribution is 5.81. The zero-order chi connectivity index (χ0) is 16.5. The first-order valence-electron chi connectivity index (χ1n) is 8.46. The Hall–Kier alpha value is -1.44. The summed E-state index contributed by atoms with van der Waals surface area (Å²) in [5, 5.41) is 0. The second-order valence-corrected chi connectivity index (χ2v) is 6.88. The van der Waals surface area contributed by atoms with E-state index in [1.54, 1.807) is 6.92 Å². The van der Waals surface area contributed by atoms with Crippen LogP contribution in [-0.2, 0) is 16.0 Å². The lowest BCUT2D eigenvalue weighted by atomic mass is 9.80. The van der Waals surface area contributed by atoms with Crippen molar-refractivity contribution >= 4 is 11.6 Å². The van der Waals surface area contributed by atoms with Gasteiger partial charge in [0.15, 0.2) is 0 Å². The van der Waals surface area contributed by atoms with Gasteiger partial charge in [-0.05, 0) is 43.6 Å². The predicted molar refractivity (Wildman–Crippen MR) is 91.8 cm³/mol. The van der Waals surface area contributed by atoms with Crippen molar-refractivity contribution in [3.8, 4) is 0 Å². The van der Waals surface area contributed by atoms with Crippen LogP contribution in [0.4, 0.5) is 0 Å². The molecule has 0 saturated carbocycles. The highest BCUT2D eigenvalue weighted by Gasteiger charge is 2.24. The molecule has 0 bridgehead atoms. The van der Waals surface area contributed by atoms with Gasteiger partial charge in [-0.25, -0.2) is 0 Å². The van der Waals surface area contributed by atoms with E-state index in [1.807, 2.05) is 25.1 Å². The minimum Gasteiger partial charge on any atom is -0.300 e. The predicted octanol–water partition coefficient (Wildman–Crippen LogP) is 4.86. The lowest BCUT2D eigenvalue weighted by molar-refractivity contribution is -0.125. The molecule has 2 nitrogen and oxygen atoms in total. The highest BCUT2D eigenvalue weighted by atomic mass is 16.1. The molecule has 2 heteroatoms. The summed E-state index contributed by atoms with van der Waals surface area (Å²) in [7, 11) is 0. The quantitative estimate of drug-likeness (QED) is 0.619. The molecule has 122 valence electrons. The van der Waals surface area contributed by atoms with Crippen molar-refractivity contribution in [2.75, 3.05) is 0 Å². The number of benzene rings is 1. The molecule has 1 rings (SSSR count). The standard InChI is InChI=1S/C20H30O2/c1-15(2)10-13-20(22)17(4)19(12-11-16(3)21)14-18-8-6-5-7-9-18/h5-9,15,17,19H,10-14H2,1-4H3. The average Bonchev–Trinajstić information content (AvgIpc) is 2.49. The van der Waals surface area contributed by atoms with Crippen LogP contribution in [-0.4, -0.2) is 11.6 Å². The largest absolute Gasteiger partial charge is 0.300 e. The molecule has 2 atom stereocenters. The molecular weight excluding hydrogens is 272 g/mol. The zero-order valence-electron chi connectivity index (χ0n) is 14.5. The van der Waals surface area contributed by atoms with Gasteiger partial charge in [-0.15, -0.1) is 0 Å². The molecule has 0 fully saturated rings. The lowest BCUT2D eigenvalue weighted by Crippen LogP contribution is -2.24. The first-order chi connectivity index (χ1) is 10.4. The summed E-state index contributed by atoms with van der Waals surface area (Å²) in [6.07, 6.45) is 3.86. The van der Waals surface area contributed by atoms with Gasteiger partial charge in [0.2, 0.25) is 0 Å². The van der Waals surface area contributed by atoms with Crippen LogP contribution in [0.1, 0.15) is 58.9 Å². The fourth-order valence-corrected chi connectivity index (χ4v) is 2.76. The van der Waals surface area contributed by atoms with Crippen molar-refractivity contribution in [3.63, 3.8) is 0 Å². The molecule has 1 aromatic rings. The number of rotatable bonds is 10. The van der Waals surface area contributed by atoms with E-state index in [9.17, 15) is 9.59 Å². The van der Waals surface area contributed by atoms with E-state index in [2.05, 4.69) is 26.0 Å². The maximum absolute atomic E-state index is 12.4. The van der Waals surface area contributed by atoms with Crippen molar-refractivity contribution in [2.24, 2.45) is 17.8 Å². The maximum Gasteiger partial charge on any atom is 0.135 e. The van der Waals surface area contributed by atoms with Gasteiger partial charge in [-0.2, -0.15) is 0 Å². The molecule has 0 amide bonds. The lowest BCUT2D eigenvalue weighted by Gasteiger charge is -2.23. The molecule has 0 N–H and O–H groups in total. The minimum atomic E-state index is 0.0262. The molecule has 22 heavy (non-hydrogen) atoms. The first kappa shape index (κ1) is 18.6. The SMILES string of the molecule is CC(=O)CCC(Cc1ccccc1)C(C)C(=O)CCC(C)C. The molecule has 0 spiro atoms. The van der Waals surface area contributed by atoms with Crippen LogP contribution in [0.2, 0.25) is 0 Å². The molecule has 0 saturated heterocycles. The molecule has 1 aromatic carbocycles. The third-order valence-corrected chi connectivity index (χ3v) is 4.39. The summed E-state index contributed by atoms with van der Waals surface area (Å²) in [6.45, 7) is 7.96. The van der Waals surface area contributed by atoms with Gasteiger partial charge < -0.3 is 4.79 Å². The number of hydrogen-bond acceptors (Lipinski definition) is 2. The van der Waals surface area contributed by atoms with Crippen LogP contribution in [0.15, 0.2) is 30.3 Å². The van der Waals surface area contributed by atoms with Crippen molar-refractivity contribution in [2.45, 2.75) is 59.8 Å². The van der Waals surface area contributed by atoms with Crippen molar-refractivity contribution < 1.29 is 9.59 Å². The summed E-state index contributed by atoms with van der Waals surface area (Å²) in [4.78, 5) is 23.8. The Morgan fingerprint density at radius 1 is 0.955 bits per heavy atom. The topological polar surface area (TPSA) is 34.1 Å². The second kappa shape index (κ2) is 9.55. The average molecular weight is 302 g/mol. The molecule has 2 unspecified atom stereocenters. The van der Waals surface area contributed by atoms with Gasteiger partial charge in [0.05, 0.1) is 0 Å². The van der Waals surface area contributed by atoms with E-state index < -0.39 is 0 Å². The first-order valence-corrected chi connectivity index (χ1v) is 8.46. The van der Waals surface area contributed by atoms with Crippen LogP contribution >= 0.6 is 0 Å². The van der Waals surface area contributed by atoms with E-state index in [1.165, 1.54) is 5.56 Å². The Labute approximate surface area is 135 Å².